The molecule has 1 aromatic rings. The van der Waals surface area contributed by atoms with Crippen LogP contribution in [0.4, 0.5) is 5.82 Å². The predicted molar refractivity (Wildman–Crippen MR) is 81.7 cm³/mol. The molecule has 1 saturated heterocycles. The fourth-order valence-corrected chi connectivity index (χ4v) is 4.72. The summed E-state index contributed by atoms with van der Waals surface area (Å²) < 4.78 is 26.2. The van der Waals surface area contributed by atoms with Crippen molar-refractivity contribution >= 4 is 15.8 Å². The van der Waals surface area contributed by atoms with Crippen LogP contribution in [0, 0.1) is 6.92 Å². The maximum atomic E-state index is 12.3. The zero-order valence-corrected chi connectivity index (χ0v) is 13.4. The van der Waals surface area contributed by atoms with Crippen molar-refractivity contribution in [2.75, 3.05) is 25.0 Å². The molecule has 0 N–H and O–H groups in total. The van der Waals surface area contributed by atoms with E-state index in [1.165, 1.54) is 0 Å². The Bertz CT molecular complexity index is 607. The number of aromatic nitrogens is 2. The Morgan fingerprint density at radius 2 is 1.90 bits per heavy atom. The van der Waals surface area contributed by atoms with Gasteiger partial charge in [-0.15, -0.1) is 0 Å². The number of piperidine rings is 1. The third kappa shape index (κ3) is 3.03. The van der Waals surface area contributed by atoms with Gasteiger partial charge in [0.15, 0.2) is 0 Å². The molecule has 0 amide bonds. The van der Waals surface area contributed by atoms with Crippen LogP contribution in [0.15, 0.2) is 12.3 Å². The molecular weight excluding hydrogens is 288 g/mol. The van der Waals surface area contributed by atoms with Gasteiger partial charge < -0.3 is 4.90 Å². The van der Waals surface area contributed by atoms with Crippen LogP contribution in [0.25, 0.3) is 0 Å². The summed E-state index contributed by atoms with van der Waals surface area (Å²) in [5, 5.41) is -0.120. The van der Waals surface area contributed by atoms with E-state index in [0.29, 0.717) is 0 Å². The predicted octanol–water partition coefficient (Wildman–Crippen LogP) is 1.18. The molecule has 1 aliphatic heterocycles. The zero-order valence-electron chi connectivity index (χ0n) is 12.6. The number of nitrogens with zero attached hydrogens (tertiary/aromatic N) is 4. The Labute approximate surface area is 126 Å². The Morgan fingerprint density at radius 1 is 1.24 bits per heavy atom. The van der Waals surface area contributed by atoms with E-state index < -0.39 is 10.0 Å². The number of anilines is 1. The van der Waals surface area contributed by atoms with E-state index in [0.717, 1.165) is 50.4 Å². The molecule has 1 saturated carbocycles. The first-order valence-electron chi connectivity index (χ1n) is 7.50. The van der Waals surface area contributed by atoms with Gasteiger partial charge in [0.25, 0.3) is 0 Å². The first-order valence-corrected chi connectivity index (χ1v) is 9.00. The molecule has 3 rings (SSSR count). The summed E-state index contributed by atoms with van der Waals surface area (Å²) in [6.07, 6.45) is 5.13. The maximum Gasteiger partial charge on any atom is 0.216 e. The second-order valence-corrected chi connectivity index (χ2v) is 8.21. The largest absolute Gasteiger partial charge is 0.356 e. The average Bonchev–Trinajstić information content (AvgIpc) is 3.32. The summed E-state index contributed by atoms with van der Waals surface area (Å²) in [5.74, 6) is 1.71. The summed E-state index contributed by atoms with van der Waals surface area (Å²) in [4.78, 5) is 10.8. The molecule has 0 spiro atoms. The van der Waals surface area contributed by atoms with Crippen LogP contribution in [-0.2, 0) is 10.0 Å². The second kappa shape index (κ2) is 5.53. The molecule has 6 nitrogen and oxygen atoms in total. The first kappa shape index (κ1) is 14.7. The van der Waals surface area contributed by atoms with Crippen molar-refractivity contribution in [3.63, 3.8) is 0 Å². The molecule has 2 aliphatic rings. The van der Waals surface area contributed by atoms with Crippen molar-refractivity contribution in [1.82, 2.24) is 14.3 Å². The Hall–Kier alpha value is -1.21. The van der Waals surface area contributed by atoms with E-state index in [2.05, 4.69) is 14.9 Å². The van der Waals surface area contributed by atoms with Gasteiger partial charge in [-0.05, 0) is 38.7 Å². The van der Waals surface area contributed by atoms with Crippen LogP contribution in [0.2, 0.25) is 0 Å². The molecule has 0 unspecified atom stereocenters. The minimum Gasteiger partial charge on any atom is -0.356 e. The van der Waals surface area contributed by atoms with E-state index in [-0.39, 0.29) is 11.3 Å². The SMILES string of the molecule is Cc1nccc(N2CCC(N(C)S(=O)(=O)C3CC3)CC2)n1. The standard InChI is InChI=1S/C14H22N4O2S/c1-11-15-8-5-14(16-11)18-9-6-12(7-10-18)17(2)21(19,20)13-3-4-13/h5,8,12-13H,3-4,6-7,9-10H2,1-2H3. The lowest BCUT2D eigenvalue weighted by molar-refractivity contribution is 0.311. The lowest BCUT2D eigenvalue weighted by atomic mass is 10.1. The molecule has 116 valence electrons. The van der Waals surface area contributed by atoms with Gasteiger partial charge in [0, 0.05) is 32.4 Å². The minimum absolute atomic E-state index is 0.120. The van der Waals surface area contributed by atoms with Gasteiger partial charge in [-0.2, -0.15) is 0 Å². The smallest absolute Gasteiger partial charge is 0.216 e. The summed E-state index contributed by atoms with van der Waals surface area (Å²) in [6, 6.07) is 2.03. The van der Waals surface area contributed by atoms with Gasteiger partial charge in [0.05, 0.1) is 5.25 Å². The van der Waals surface area contributed by atoms with Gasteiger partial charge in [-0.25, -0.2) is 22.7 Å². The maximum absolute atomic E-state index is 12.3. The molecular formula is C14H22N4O2S. The molecule has 0 radical (unpaired) electrons. The third-order valence-electron chi connectivity index (χ3n) is 4.41. The van der Waals surface area contributed by atoms with Crippen molar-refractivity contribution < 1.29 is 8.42 Å². The van der Waals surface area contributed by atoms with Crippen LogP contribution >= 0.6 is 0 Å². The zero-order chi connectivity index (χ0) is 15.0. The van der Waals surface area contributed by atoms with Crippen LogP contribution < -0.4 is 4.90 Å². The van der Waals surface area contributed by atoms with Gasteiger partial charge >= 0.3 is 0 Å². The summed E-state index contributed by atoms with van der Waals surface area (Å²) in [6.45, 7) is 3.56. The first-order chi connectivity index (χ1) is 9.98. The second-order valence-electron chi connectivity index (χ2n) is 5.94. The Morgan fingerprint density at radius 3 is 2.48 bits per heavy atom. The number of rotatable bonds is 4. The van der Waals surface area contributed by atoms with E-state index in [4.69, 9.17) is 0 Å². The Balaban J connectivity index is 1.62. The highest BCUT2D eigenvalue weighted by Crippen LogP contribution is 2.33. The average molecular weight is 310 g/mol. The highest BCUT2D eigenvalue weighted by Gasteiger charge is 2.41. The van der Waals surface area contributed by atoms with Crippen molar-refractivity contribution in [2.45, 2.75) is 43.9 Å². The highest BCUT2D eigenvalue weighted by atomic mass is 32.2. The molecule has 7 heteroatoms. The number of aryl methyl sites for hydroxylation is 1. The van der Waals surface area contributed by atoms with E-state index in [1.807, 2.05) is 13.0 Å². The van der Waals surface area contributed by atoms with E-state index >= 15 is 0 Å². The van der Waals surface area contributed by atoms with E-state index in [1.54, 1.807) is 17.5 Å². The van der Waals surface area contributed by atoms with Crippen molar-refractivity contribution in [2.24, 2.45) is 0 Å². The molecule has 1 aromatic heterocycles. The van der Waals surface area contributed by atoms with E-state index in [9.17, 15) is 8.42 Å². The molecule has 2 fully saturated rings. The molecule has 21 heavy (non-hydrogen) atoms. The Kier molecular flexibility index (Phi) is 3.88. The minimum atomic E-state index is -3.07. The van der Waals surface area contributed by atoms with Crippen molar-refractivity contribution in [1.29, 1.82) is 0 Å². The summed E-state index contributed by atoms with van der Waals surface area (Å²) in [5.41, 5.74) is 0. The van der Waals surface area contributed by atoms with Gasteiger partial charge in [-0.1, -0.05) is 0 Å². The fourth-order valence-electron chi connectivity index (χ4n) is 2.89. The van der Waals surface area contributed by atoms with Crippen LogP contribution in [0.1, 0.15) is 31.5 Å². The van der Waals surface area contributed by atoms with Gasteiger partial charge in [0.2, 0.25) is 10.0 Å². The lowest BCUT2D eigenvalue weighted by Gasteiger charge is -2.36. The number of hydrogen-bond donors (Lipinski definition) is 0. The molecule has 0 atom stereocenters. The monoisotopic (exact) mass is 310 g/mol. The quantitative estimate of drug-likeness (QED) is 0.835. The third-order valence-corrected chi connectivity index (χ3v) is 6.83. The van der Waals surface area contributed by atoms with Crippen molar-refractivity contribution in [3.05, 3.63) is 18.1 Å². The molecule has 2 heterocycles. The highest BCUT2D eigenvalue weighted by molar-refractivity contribution is 7.90. The molecule has 1 aliphatic carbocycles. The van der Waals surface area contributed by atoms with Crippen molar-refractivity contribution in [3.8, 4) is 0 Å². The molecule has 0 aromatic carbocycles. The van der Waals surface area contributed by atoms with Crippen LogP contribution in [0.5, 0.6) is 0 Å². The normalized spacial score (nSPS) is 21.0. The summed E-state index contributed by atoms with van der Waals surface area (Å²) >= 11 is 0. The lowest BCUT2D eigenvalue weighted by Crippen LogP contribution is -2.46. The van der Waals surface area contributed by atoms with Gasteiger partial charge in [0.1, 0.15) is 11.6 Å². The topological polar surface area (TPSA) is 66.4 Å². The summed E-state index contributed by atoms with van der Waals surface area (Å²) in [7, 11) is -1.33. The van der Waals surface area contributed by atoms with Gasteiger partial charge in [-0.3, -0.25) is 0 Å². The number of hydrogen-bond acceptors (Lipinski definition) is 5. The fraction of sp³-hybridized carbons (Fsp3) is 0.714. The molecule has 0 bridgehead atoms. The van der Waals surface area contributed by atoms with Crippen LogP contribution in [0.3, 0.4) is 0 Å². The van der Waals surface area contributed by atoms with Crippen LogP contribution in [-0.4, -0.2) is 54.1 Å². The number of sulfonamides is 1.